The van der Waals surface area contributed by atoms with Crippen LogP contribution in [-0.2, 0) is 1.43 Å². The van der Waals surface area contributed by atoms with Crippen molar-refractivity contribution in [1.29, 1.82) is 0 Å². The molecule has 0 amide bonds. The van der Waals surface area contributed by atoms with Crippen LogP contribution in [-0.4, -0.2) is 6.61 Å². The van der Waals surface area contributed by atoms with Gasteiger partial charge in [0, 0.05) is 11.5 Å². The highest BCUT2D eigenvalue weighted by Gasteiger charge is 2.38. The Bertz CT molecular complexity index is 365. The zero-order valence-electron chi connectivity index (χ0n) is 7.56. The molecule has 0 fully saturated rings. The summed E-state index contributed by atoms with van der Waals surface area (Å²) in [4.78, 5) is 0. The molecule has 1 nitrogen and oxygen atoms in total. The molecule has 0 radical (unpaired) electrons. The minimum absolute atomic E-state index is 0.0643. The van der Waals surface area contributed by atoms with Crippen LogP contribution in [0.1, 0.15) is 12.5 Å². The van der Waals surface area contributed by atoms with E-state index >= 15 is 0 Å². The van der Waals surface area contributed by atoms with Crippen molar-refractivity contribution in [2.24, 2.45) is 5.92 Å². The topological polar surface area (TPSA) is 9.23 Å². The highest BCUT2D eigenvalue weighted by atomic mass is 127. The Hall–Kier alpha value is 0.410. The van der Waals surface area contributed by atoms with E-state index in [1.54, 1.807) is 12.1 Å². The van der Waals surface area contributed by atoms with E-state index in [4.69, 9.17) is 4.74 Å². The van der Waals surface area contributed by atoms with Gasteiger partial charge in [-0.05, 0) is 18.2 Å². The van der Waals surface area contributed by atoms with Gasteiger partial charge in [0.25, 0.3) is 0 Å². The van der Waals surface area contributed by atoms with Crippen molar-refractivity contribution in [3.8, 4) is 5.75 Å². The lowest BCUT2D eigenvalue weighted by Gasteiger charge is -2.34. The smallest absolute Gasteiger partial charge is 0.124 e. The minimum atomic E-state index is -0.195. The van der Waals surface area contributed by atoms with Crippen molar-refractivity contribution in [2.75, 3.05) is 6.61 Å². The van der Waals surface area contributed by atoms with Crippen molar-refractivity contribution in [2.45, 2.75) is 8.35 Å². The third kappa shape index (κ3) is 1.75. The molecular formula is C10H9FI2O. The molecule has 1 aliphatic rings. The largest absolute Gasteiger partial charge is 0.493 e. The molecule has 0 saturated carbocycles. The van der Waals surface area contributed by atoms with Crippen molar-refractivity contribution in [1.82, 2.24) is 0 Å². The first-order chi connectivity index (χ1) is 6.51. The minimum Gasteiger partial charge on any atom is -0.493 e. The number of rotatable bonds is 0. The lowest BCUT2D eigenvalue weighted by molar-refractivity contribution is 0.230. The lowest BCUT2D eigenvalue weighted by atomic mass is 9.98. The second-order valence-corrected chi connectivity index (χ2v) is 8.94. The normalized spacial score (nSPS) is 23.9. The molecule has 2 rings (SSSR count). The summed E-state index contributed by atoms with van der Waals surface area (Å²) < 4.78 is 18.6. The zero-order valence-corrected chi connectivity index (χ0v) is 11.9. The highest BCUT2D eigenvalue weighted by molar-refractivity contribution is 14.2. The van der Waals surface area contributed by atoms with Gasteiger partial charge >= 0.3 is 0 Å². The monoisotopic (exact) mass is 418 g/mol. The molecule has 0 spiro atoms. The van der Waals surface area contributed by atoms with Crippen LogP contribution in [0.15, 0.2) is 18.2 Å². The Morgan fingerprint density at radius 3 is 2.93 bits per heavy atom. The summed E-state index contributed by atoms with van der Waals surface area (Å²) in [5, 5.41) is 0. The van der Waals surface area contributed by atoms with Gasteiger partial charge in [0.15, 0.2) is 0 Å². The maximum absolute atomic E-state index is 13.1. The average molecular weight is 418 g/mol. The van der Waals surface area contributed by atoms with Crippen LogP contribution >= 0.6 is 45.2 Å². The first kappa shape index (κ1) is 10.9. The van der Waals surface area contributed by atoms with Gasteiger partial charge in [0.2, 0.25) is 0 Å². The summed E-state index contributed by atoms with van der Waals surface area (Å²) in [6.07, 6.45) is 0. The number of ether oxygens (including phenoxy) is 1. The van der Waals surface area contributed by atoms with Crippen LogP contribution in [0.2, 0.25) is 0 Å². The molecule has 0 saturated heterocycles. The van der Waals surface area contributed by atoms with E-state index in [0.717, 1.165) is 11.3 Å². The second-order valence-electron chi connectivity index (χ2n) is 3.48. The van der Waals surface area contributed by atoms with E-state index in [-0.39, 0.29) is 7.25 Å². The number of hydrogen-bond donors (Lipinski definition) is 0. The summed E-state index contributed by atoms with van der Waals surface area (Å²) in [7, 11) is 0. The van der Waals surface area contributed by atoms with Gasteiger partial charge in [0.1, 0.15) is 13.0 Å². The molecule has 0 bridgehead atoms. The van der Waals surface area contributed by atoms with E-state index < -0.39 is 0 Å². The van der Waals surface area contributed by atoms with Crippen LogP contribution in [0, 0.1) is 11.7 Å². The van der Waals surface area contributed by atoms with Gasteiger partial charge in [-0.2, -0.15) is 0 Å². The van der Waals surface area contributed by atoms with Gasteiger partial charge in [-0.15, -0.1) is 0 Å². The van der Waals surface area contributed by atoms with Crippen LogP contribution in [0.3, 0.4) is 0 Å². The predicted molar refractivity (Wildman–Crippen MR) is 70.8 cm³/mol. The lowest BCUT2D eigenvalue weighted by Crippen LogP contribution is -2.30. The Morgan fingerprint density at radius 2 is 2.21 bits per heavy atom. The summed E-state index contributed by atoms with van der Waals surface area (Å²) in [6, 6.07) is 4.73. The molecule has 1 heterocycles. The summed E-state index contributed by atoms with van der Waals surface area (Å²) in [6.45, 7) is 2.82. The zero-order chi connectivity index (χ0) is 10.3. The molecule has 76 valence electrons. The number of benzene rings is 1. The standard InChI is InChI=1S/C10H9FI2O/c1-6-5-14-9-3-2-7(11)4-8(9)10(6,12)13/h2-4,6H,5H2,1H3. The van der Waals surface area contributed by atoms with E-state index in [9.17, 15) is 4.39 Å². The maximum atomic E-state index is 13.1. The molecule has 1 atom stereocenters. The van der Waals surface area contributed by atoms with Gasteiger partial charge in [0.05, 0.1) is 6.61 Å². The molecule has 1 aromatic rings. The second kappa shape index (κ2) is 3.77. The van der Waals surface area contributed by atoms with E-state index in [0.29, 0.717) is 12.5 Å². The number of alkyl halides is 2. The molecule has 4 heteroatoms. The van der Waals surface area contributed by atoms with Crippen molar-refractivity contribution >= 4 is 45.2 Å². The first-order valence-electron chi connectivity index (χ1n) is 4.32. The molecule has 0 aliphatic carbocycles. The summed E-state index contributed by atoms with van der Waals surface area (Å²) in [5.41, 5.74) is 0.956. The molecular weight excluding hydrogens is 409 g/mol. The van der Waals surface area contributed by atoms with Crippen LogP contribution in [0.4, 0.5) is 4.39 Å². The van der Waals surface area contributed by atoms with Crippen molar-refractivity contribution in [3.05, 3.63) is 29.6 Å². The number of fused-ring (bicyclic) bond motifs is 1. The molecule has 1 aliphatic heterocycles. The fraction of sp³-hybridized carbons (Fsp3) is 0.400. The van der Waals surface area contributed by atoms with E-state index in [2.05, 4.69) is 52.1 Å². The van der Waals surface area contributed by atoms with Crippen LogP contribution < -0.4 is 4.74 Å². The molecule has 0 N–H and O–H groups in total. The Labute approximate surface area is 110 Å². The van der Waals surface area contributed by atoms with Gasteiger partial charge in [-0.3, -0.25) is 0 Å². The highest BCUT2D eigenvalue weighted by Crippen LogP contribution is 2.52. The Kier molecular flexibility index (Phi) is 2.94. The third-order valence-corrected chi connectivity index (χ3v) is 5.70. The van der Waals surface area contributed by atoms with Crippen LogP contribution in [0.5, 0.6) is 5.75 Å². The maximum Gasteiger partial charge on any atom is 0.124 e. The van der Waals surface area contributed by atoms with Gasteiger partial charge in [-0.1, -0.05) is 52.1 Å². The Balaban J connectivity index is 2.55. The molecule has 1 unspecified atom stereocenters. The molecule has 1 aromatic carbocycles. The van der Waals surface area contributed by atoms with Gasteiger partial charge in [-0.25, -0.2) is 4.39 Å². The third-order valence-electron chi connectivity index (χ3n) is 2.41. The quantitative estimate of drug-likeness (QED) is 0.460. The SMILES string of the molecule is CC1COc2ccc(F)cc2C1(I)I. The number of hydrogen-bond acceptors (Lipinski definition) is 1. The Morgan fingerprint density at radius 1 is 1.50 bits per heavy atom. The van der Waals surface area contributed by atoms with Crippen molar-refractivity contribution < 1.29 is 9.13 Å². The van der Waals surface area contributed by atoms with E-state index in [1.165, 1.54) is 6.07 Å². The summed E-state index contributed by atoms with van der Waals surface area (Å²) in [5.74, 6) is 1.01. The predicted octanol–water partition coefficient (Wildman–Crippen LogP) is 3.88. The van der Waals surface area contributed by atoms with Gasteiger partial charge < -0.3 is 4.74 Å². The van der Waals surface area contributed by atoms with Crippen LogP contribution in [0.25, 0.3) is 0 Å². The van der Waals surface area contributed by atoms with E-state index in [1.807, 2.05) is 0 Å². The van der Waals surface area contributed by atoms with Crippen molar-refractivity contribution in [3.63, 3.8) is 0 Å². The molecule has 0 aromatic heterocycles. The summed E-state index contributed by atoms with van der Waals surface area (Å²) >= 11 is 4.73. The fourth-order valence-electron chi connectivity index (χ4n) is 1.47. The fourth-order valence-corrected chi connectivity index (χ4v) is 2.68. The molecule has 14 heavy (non-hydrogen) atoms. The number of halogens is 3. The first-order valence-corrected chi connectivity index (χ1v) is 6.48. The average Bonchev–Trinajstić information content (AvgIpc) is 2.13.